The predicted octanol–water partition coefficient (Wildman–Crippen LogP) is 6.45. The van der Waals surface area contributed by atoms with Crippen molar-refractivity contribution in [3.63, 3.8) is 0 Å². The lowest BCUT2D eigenvalue weighted by Gasteiger charge is -2.27. The quantitative estimate of drug-likeness (QED) is 0.381. The number of aliphatic hydroxyl groups excluding tert-OH is 1. The number of nitrogens with zero attached hydrogens (tertiary/aromatic N) is 2. The average Bonchev–Trinajstić information content (AvgIpc) is 3.32. The van der Waals surface area contributed by atoms with Crippen LogP contribution in [0.1, 0.15) is 69.8 Å². The molecular formula is C28H30N2O3S. The van der Waals surface area contributed by atoms with Crippen molar-refractivity contribution in [3.8, 4) is 0 Å². The van der Waals surface area contributed by atoms with Gasteiger partial charge in [0, 0.05) is 5.69 Å². The largest absolute Gasteiger partial charge is 0.503 e. The van der Waals surface area contributed by atoms with Gasteiger partial charge in [-0.25, -0.2) is 4.98 Å². The Hall–Kier alpha value is -3.25. The maximum atomic E-state index is 13.7. The minimum atomic E-state index is -0.714. The molecule has 6 heteroatoms. The number of benzene rings is 2. The first kappa shape index (κ1) is 23.9. The van der Waals surface area contributed by atoms with Gasteiger partial charge in [-0.1, -0.05) is 56.7 Å². The Kier molecular flexibility index (Phi) is 6.98. The number of Topliss-reactive ketones (excluding diaryl/α,β-unsaturated/α-hetero) is 1. The molecule has 0 bridgehead atoms. The molecule has 5 nitrogen and oxygen atoms in total. The van der Waals surface area contributed by atoms with Crippen LogP contribution in [0.15, 0.2) is 59.9 Å². The number of carbonyl (C=O) groups excluding carboxylic acids is 2. The van der Waals surface area contributed by atoms with Crippen LogP contribution in [-0.4, -0.2) is 21.8 Å². The number of aryl methyl sites for hydroxylation is 4. The summed E-state index contributed by atoms with van der Waals surface area (Å²) in [6, 6.07) is 15.0. The Labute approximate surface area is 204 Å². The minimum Gasteiger partial charge on any atom is -0.503 e. The molecule has 0 aliphatic carbocycles. The molecule has 2 aromatic carbocycles. The third-order valence-electron chi connectivity index (χ3n) is 6.30. The third kappa shape index (κ3) is 4.42. The zero-order chi connectivity index (χ0) is 24.4. The average molecular weight is 475 g/mol. The first-order chi connectivity index (χ1) is 16.3. The van der Waals surface area contributed by atoms with Crippen molar-refractivity contribution in [2.45, 2.75) is 59.4 Å². The van der Waals surface area contributed by atoms with Crippen LogP contribution in [0.3, 0.4) is 0 Å². The maximum absolute atomic E-state index is 13.7. The second-order valence-electron chi connectivity index (χ2n) is 8.68. The lowest BCUT2D eigenvalue weighted by molar-refractivity contribution is -0.117. The summed E-state index contributed by atoms with van der Waals surface area (Å²) in [6.45, 7) is 7.86. The number of anilines is 1. The Morgan fingerprint density at radius 2 is 1.68 bits per heavy atom. The Bertz CT molecular complexity index is 1240. The van der Waals surface area contributed by atoms with Gasteiger partial charge in [0.1, 0.15) is 0 Å². The third-order valence-corrected chi connectivity index (χ3v) is 7.37. The van der Waals surface area contributed by atoms with E-state index in [1.165, 1.54) is 21.8 Å². The van der Waals surface area contributed by atoms with Gasteiger partial charge < -0.3 is 5.11 Å². The van der Waals surface area contributed by atoms with E-state index in [-0.39, 0.29) is 11.4 Å². The van der Waals surface area contributed by atoms with Crippen LogP contribution < -0.4 is 4.90 Å². The fraction of sp³-hybridized carbons (Fsp3) is 0.321. The summed E-state index contributed by atoms with van der Waals surface area (Å²) < 4.78 is 0. The number of ketones is 1. The van der Waals surface area contributed by atoms with Crippen LogP contribution in [0.2, 0.25) is 0 Å². The molecule has 1 amide bonds. The fourth-order valence-corrected chi connectivity index (χ4v) is 5.30. The zero-order valence-electron chi connectivity index (χ0n) is 20.1. The highest BCUT2D eigenvalue weighted by Gasteiger charge is 2.45. The fourth-order valence-electron chi connectivity index (χ4n) is 4.42. The Morgan fingerprint density at radius 1 is 1.03 bits per heavy atom. The van der Waals surface area contributed by atoms with Gasteiger partial charge in [0.25, 0.3) is 5.91 Å². The van der Waals surface area contributed by atoms with E-state index in [0.717, 1.165) is 41.8 Å². The standard InChI is InChI=1S/C28H30N2O3S/c1-5-7-8-20-11-15-22(16-12-20)30-24(21-13-9-19(6-2)10-14-21)23(26(32)28(30)33)25(31)27-17(3)29-18(4)34-27/h9-16,24,32H,5-8H2,1-4H3. The molecule has 176 valence electrons. The summed E-state index contributed by atoms with van der Waals surface area (Å²) in [4.78, 5) is 33.4. The van der Waals surface area contributed by atoms with Crippen LogP contribution in [0.25, 0.3) is 0 Å². The van der Waals surface area contributed by atoms with Crippen molar-refractivity contribution in [3.05, 3.63) is 92.1 Å². The van der Waals surface area contributed by atoms with E-state index in [1.54, 1.807) is 6.92 Å². The molecule has 34 heavy (non-hydrogen) atoms. The molecular weight excluding hydrogens is 444 g/mol. The molecule has 0 spiro atoms. The number of carbonyl (C=O) groups is 2. The molecule has 1 N–H and O–H groups in total. The monoisotopic (exact) mass is 474 g/mol. The van der Waals surface area contributed by atoms with Crippen molar-refractivity contribution in [1.82, 2.24) is 4.98 Å². The van der Waals surface area contributed by atoms with Crippen molar-refractivity contribution < 1.29 is 14.7 Å². The molecule has 4 rings (SSSR count). The second-order valence-corrected chi connectivity index (χ2v) is 9.88. The van der Waals surface area contributed by atoms with Gasteiger partial charge in [0.15, 0.2) is 5.76 Å². The summed E-state index contributed by atoms with van der Waals surface area (Å²) in [5.74, 6) is -1.40. The molecule has 1 aromatic heterocycles. The van der Waals surface area contributed by atoms with Crippen LogP contribution in [0, 0.1) is 13.8 Å². The summed E-state index contributed by atoms with van der Waals surface area (Å²) in [6.07, 6.45) is 4.08. The number of unbranched alkanes of at least 4 members (excludes halogenated alkanes) is 1. The first-order valence-corrected chi connectivity index (χ1v) is 12.6. The number of amides is 1. The van der Waals surface area contributed by atoms with Gasteiger partial charge in [0.05, 0.1) is 27.2 Å². The van der Waals surface area contributed by atoms with E-state index in [1.807, 2.05) is 55.5 Å². The topological polar surface area (TPSA) is 70.5 Å². The Balaban J connectivity index is 1.80. The Morgan fingerprint density at radius 3 is 2.24 bits per heavy atom. The van der Waals surface area contributed by atoms with Crippen molar-refractivity contribution >= 4 is 28.7 Å². The second kappa shape index (κ2) is 9.94. The van der Waals surface area contributed by atoms with Crippen molar-refractivity contribution in [2.24, 2.45) is 0 Å². The molecule has 1 atom stereocenters. The maximum Gasteiger partial charge on any atom is 0.294 e. The predicted molar refractivity (Wildman–Crippen MR) is 137 cm³/mol. The minimum absolute atomic E-state index is 0.107. The summed E-state index contributed by atoms with van der Waals surface area (Å²) in [5.41, 5.74) is 4.52. The summed E-state index contributed by atoms with van der Waals surface area (Å²) >= 11 is 1.29. The number of thiazole rings is 1. The molecule has 0 radical (unpaired) electrons. The number of aromatic nitrogens is 1. The highest BCUT2D eigenvalue weighted by Crippen LogP contribution is 2.42. The van der Waals surface area contributed by atoms with Crippen LogP contribution in [0.5, 0.6) is 0 Å². The van der Waals surface area contributed by atoms with Crippen LogP contribution in [0.4, 0.5) is 5.69 Å². The van der Waals surface area contributed by atoms with E-state index in [9.17, 15) is 14.7 Å². The first-order valence-electron chi connectivity index (χ1n) is 11.8. The molecule has 2 heterocycles. The van der Waals surface area contributed by atoms with E-state index in [2.05, 4.69) is 18.8 Å². The van der Waals surface area contributed by atoms with Crippen molar-refractivity contribution in [1.29, 1.82) is 0 Å². The van der Waals surface area contributed by atoms with Crippen LogP contribution in [-0.2, 0) is 17.6 Å². The van der Waals surface area contributed by atoms with Gasteiger partial charge in [-0.05, 0) is 61.9 Å². The summed E-state index contributed by atoms with van der Waals surface area (Å²) in [7, 11) is 0. The van der Waals surface area contributed by atoms with E-state index >= 15 is 0 Å². The smallest absolute Gasteiger partial charge is 0.294 e. The highest BCUT2D eigenvalue weighted by atomic mass is 32.1. The molecule has 1 aliphatic rings. The lowest BCUT2D eigenvalue weighted by Crippen LogP contribution is -2.31. The number of hydrogen-bond donors (Lipinski definition) is 1. The number of aliphatic hydroxyl groups is 1. The van der Waals surface area contributed by atoms with Gasteiger partial charge in [-0.15, -0.1) is 11.3 Å². The molecule has 0 saturated heterocycles. The molecule has 3 aromatic rings. The molecule has 1 aliphatic heterocycles. The van der Waals surface area contributed by atoms with Gasteiger partial charge in [0.2, 0.25) is 5.78 Å². The van der Waals surface area contributed by atoms with E-state index < -0.39 is 17.7 Å². The zero-order valence-corrected chi connectivity index (χ0v) is 20.9. The van der Waals surface area contributed by atoms with Crippen LogP contribution >= 0.6 is 11.3 Å². The lowest BCUT2D eigenvalue weighted by atomic mass is 9.94. The normalized spacial score (nSPS) is 15.9. The molecule has 0 saturated carbocycles. The molecule has 1 unspecified atom stereocenters. The van der Waals surface area contributed by atoms with Gasteiger partial charge >= 0.3 is 0 Å². The SMILES string of the molecule is CCCCc1ccc(N2C(=O)C(O)=C(C(=O)c3sc(C)nc3C)C2c2ccc(CC)cc2)cc1. The molecule has 0 fully saturated rings. The van der Waals surface area contributed by atoms with E-state index in [0.29, 0.717) is 16.3 Å². The number of hydrogen-bond acceptors (Lipinski definition) is 5. The number of rotatable bonds is 8. The van der Waals surface area contributed by atoms with Crippen molar-refractivity contribution in [2.75, 3.05) is 4.90 Å². The van der Waals surface area contributed by atoms with E-state index in [4.69, 9.17) is 0 Å². The summed E-state index contributed by atoms with van der Waals surface area (Å²) in [5, 5.41) is 11.7. The van der Waals surface area contributed by atoms with Gasteiger partial charge in [-0.2, -0.15) is 0 Å². The van der Waals surface area contributed by atoms with Gasteiger partial charge in [-0.3, -0.25) is 14.5 Å². The highest BCUT2D eigenvalue weighted by molar-refractivity contribution is 7.14.